The average molecular weight is 164 g/mol. The van der Waals surface area contributed by atoms with Crippen LogP contribution in [0.3, 0.4) is 0 Å². The zero-order valence-electron chi connectivity index (χ0n) is 5.53. The molecule has 0 saturated heterocycles. The summed E-state index contributed by atoms with van der Waals surface area (Å²) in [6.07, 6.45) is 1.96. The van der Waals surface area contributed by atoms with Gasteiger partial charge in [-0.05, 0) is 0 Å². The van der Waals surface area contributed by atoms with Gasteiger partial charge in [-0.15, -0.1) is 0 Å². The number of carbonyl (C=O) groups excluding carboxylic acids is 4. The van der Waals surface area contributed by atoms with Crippen LogP contribution in [0.15, 0.2) is 21.4 Å². The molecule has 0 amide bonds. The second-order valence-electron chi connectivity index (χ2n) is 1.31. The Morgan fingerprint density at radius 3 is 1.25 bits per heavy atom. The molecule has 0 aliphatic carbocycles. The zero-order valence-corrected chi connectivity index (χ0v) is 5.53. The summed E-state index contributed by atoms with van der Waals surface area (Å²) in [4.78, 5) is 44.6. The molecule has 6 heteroatoms. The highest BCUT2D eigenvalue weighted by molar-refractivity contribution is 5.73. The van der Waals surface area contributed by atoms with Crippen molar-refractivity contribution >= 4 is 24.0 Å². The number of aliphatic imine (C=N–C) groups is 2. The van der Waals surface area contributed by atoms with E-state index in [1.165, 1.54) is 0 Å². The molecule has 0 spiro atoms. The standard InChI is InChI=1S/C6N2O4/c9-1-5(7-3-11)6(2-10)8-4-12. The van der Waals surface area contributed by atoms with Crippen molar-refractivity contribution in [1.82, 2.24) is 0 Å². The third kappa shape index (κ3) is 2.50. The van der Waals surface area contributed by atoms with E-state index in [2.05, 4.69) is 9.98 Å². The molecule has 0 aromatic rings. The summed E-state index contributed by atoms with van der Waals surface area (Å²) in [6, 6.07) is 0. The van der Waals surface area contributed by atoms with Gasteiger partial charge < -0.3 is 0 Å². The normalized spacial score (nSPS) is 6.33. The van der Waals surface area contributed by atoms with Crippen molar-refractivity contribution in [1.29, 1.82) is 0 Å². The van der Waals surface area contributed by atoms with Crippen molar-refractivity contribution in [2.45, 2.75) is 0 Å². The minimum absolute atomic E-state index is 0.733. The highest BCUT2D eigenvalue weighted by Crippen LogP contribution is 2.03. The predicted molar refractivity (Wildman–Crippen MR) is 34.7 cm³/mol. The van der Waals surface area contributed by atoms with Gasteiger partial charge in [-0.25, -0.2) is 19.2 Å². The van der Waals surface area contributed by atoms with Crippen LogP contribution < -0.4 is 0 Å². The summed E-state index contributed by atoms with van der Waals surface area (Å²) in [6.45, 7) is 0. The van der Waals surface area contributed by atoms with Gasteiger partial charge in [0.2, 0.25) is 12.2 Å². The zero-order chi connectivity index (χ0) is 9.40. The van der Waals surface area contributed by atoms with Crippen LogP contribution in [0.1, 0.15) is 0 Å². The van der Waals surface area contributed by atoms with Crippen LogP contribution in [0.5, 0.6) is 0 Å². The lowest BCUT2D eigenvalue weighted by molar-refractivity contribution is 0.558. The Bertz CT molecular complexity index is 334. The van der Waals surface area contributed by atoms with Crippen molar-refractivity contribution in [2.24, 2.45) is 9.98 Å². The molecule has 0 aliphatic heterocycles. The maximum Gasteiger partial charge on any atom is 0.241 e. The monoisotopic (exact) mass is 164 g/mol. The van der Waals surface area contributed by atoms with Crippen LogP contribution in [-0.4, -0.2) is 24.0 Å². The van der Waals surface area contributed by atoms with Gasteiger partial charge in [-0.2, -0.15) is 9.98 Å². The molecule has 0 aromatic carbocycles. The summed E-state index contributed by atoms with van der Waals surface area (Å²) >= 11 is 0. The molecule has 0 saturated carbocycles. The molecule has 0 unspecified atom stereocenters. The summed E-state index contributed by atoms with van der Waals surface area (Å²) < 4.78 is 0. The molecule has 0 fully saturated rings. The number of nitrogens with zero attached hydrogens (tertiary/aromatic N) is 2. The largest absolute Gasteiger partial charge is 0.241 e. The third-order valence-electron chi connectivity index (χ3n) is 0.733. The molecule has 0 radical (unpaired) electrons. The van der Waals surface area contributed by atoms with E-state index in [9.17, 15) is 19.2 Å². The molecule has 58 valence electrons. The lowest BCUT2D eigenvalue weighted by atomic mass is 10.4. The second kappa shape index (κ2) is 5.45. The molecule has 0 atom stereocenters. The first-order valence-corrected chi connectivity index (χ1v) is 2.46. The van der Waals surface area contributed by atoms with Gasteiger partial charge in [0.1, 0.15) is 0 Å². The first kappa shape index (κ1) is 9.66. The molecular formula is C6N2O4. The van der Waals surface area contributed by atoms with Crippen molar-refractivity contribution < 1.29 is 19.2 Å². The van der Waals surface area contributed by atoms with E-state index in [1.54, 1.807) is 0 Å². The number of rotatable bonds is 3. The van der Waals surface area contributed by atoms with E-state index in [0.29, 0.717) is 0 Å². The average Bonchev–Trinajstić information content (AvgIpc) is 2.11. The smallest absolute Gasteiger partial charge is 0.231 e. The first-order chi connectivity index (χ1) is 5.79. The van der Waals surface area contributed by atoms with Crippen LogP contribution in [0.2, 0.25) is 0 Å². The van der Waals surface area contributed by atoms with E-state index in [0.717, 1.165) is 24.0 Å². The Labute approximate surface area is 65.6 Å². The van der Waals surface area contributed by atoms with E-state index >= 15 is 0 Å². The summed E-state index contributed by atoms with van der Waals surface area (Å²) in [5.41, 5.74) is -1.47. The van der Waals surface area contributed by atoms with E-state index < -0.39 is 11.4 Å². The van der Waals surface area contributed by atoms with Crippen molar-refractivity contribution in [2.75, 3.05) is 0 Å². The van der Waals surface area contributed by atoms with Gasteiger partial charge in [0.25, 0.3) is 0 Å². The molecule has 12 heavy (non-hydrogen) atoms. The van der Waals surface area contributed by atoms with Gasteiger partial charge in [-0.1, -0.05) is 0 Å². The molecule has 0 N–H and O–H groups in total. The lowest BCUT2D eigenvalue weighted by Gasteiger charge is -1.82. The Hall–Kier alpha value is -2.34. The molecule has 0 aliphatic rings. The Kier molecular flexibility index (Phi) is 4.38. The van der Waals surface area contributed by atoms with Gasteiger partial charge in [0, 0.05) is 0 Å². The Balaban J connectivity index is 5.25. The fraction of sp³-hybridized carbons (Fsp3) is 0. The van der Waals surface area contributed by atoms with Crippen LogP contribution in [-0.2, 0) is 19.2 Å². The highest BCUT2D eigenvalue weighted by atomic mass is 16.1. The van der Waals surface area contributed by atoms with E-state index in [4.69, 9.17) is 0 Å². The second-order valence-corrected chi connectivity index (χ2v) is 1.31. The Morgan fingerprint density at radius 1 is 0.750 bits per heavy atom. The summed E-state index contributed by atoms with van der Waals surface area (Å²) in [7, 11) is 0. The van der Waals surface area contributed by atoms with Crippen LogP contribution >= 0.6 is 0 Å². The third-order valence-corrected chi connectivity index (χ3v) is 0.733. The van der Waals surface area contributed by atoms with Gasteiger partial charge in [0.15, 0.2) is 23.3 Å². The van der Waals surface area contributed by atoms with Crippen LogP contribution in [0.4, 0.5) is 0 Å². The molecule has 0 heterocycles. The minimum atomic E-state index is -0.733. The quantitative estimate of drug-likeness (QED) is 0.233. The topological polar surface area (TPSA) is 93.0 Å². The van der Waals surface area contributed by atoms with E-state index in [-0.39, 0.29) is 0 Å². The lowest BCUT2D eigenvalue weighted by Crippen LogP contribution is -1.85. The van der Waals surface area contributed by atoms with E-state index in [1.807, 2.05) is 0 Å². The highest BCUT2D eigenvalue weighted by Gasteiger charge is 2.04. The van der Waals surface area contributed by atoms with Gasteiger partial charge in [-0.3, -0.25) is 0 Å². The minimum Gasteiger partial charge on any atom is -0.231 e. The molecular weight excluding hydrogens is 164 g/mol. The molecule has 6 nitrogen and oxygen atoms in total. The molecule has 0 bridgehead atoms. The number of hydrogen-bond acceptors (Lipinski definition) is 6. The summed E-state index contributed by atoms with van der Waals surface area (Å²) in [5, 5.41) is 0. The van der Waals surface area contributed by atoms with Gasteiger partial charge in [0.05, 0.1) is 0 Å². The van der Waals surface area contributed by atoms with Crippen LogP contribution in [0, 0.1) is 0 Å². The maximum absolute atomic E-state index is 9.95. The number of isocyanates is 2. The fourth-order valence-corrected chi connectivity index (χ4v) is 0.340. The first-order valence-electron chi connectivity index (χ1n) is 2.46. The molecule has 0 aromatic heterocycles. The molecule has 0 rings (SSSR count). The fourth-order valence-electron chi connectivity index (χ4n) is 0.340. The predicted octanol–water partition coefficient (Wildman–Crippen LogP) is -0.911. The maximum atomic E-state index is 9.95. The van der Waals surface area contributed by atoms with Gasteiger partial charge >= 0.3 is 0 Å². The number of hydrogen-bond donors (Lipinski definition) is 0. The van der Waals surface area contributed by atoms with Crippen LogP contribution in [0.25, 0.3) is 0 Å². The van der Waals surface area contributed by atoms with Crippen molar-refractivity contribution in [3.63, 3.8) is 0 Å². The SMILES string of the molecule is O=C=NC(=C=O)C(=C=O)N=C=O. The van der Waals surface area contributed by atoms with Crippen molar-refractivity contribution in [3.05, 3.63) is 11.4 Å². The Morgan fingerprint density at radius 2 is 1.08 bits per heavy atom. The summed E-state index contributed by atoms with van der Waals surface area (Å²) in [5.74, 6) is 2.21. The van der Waals surface area contributed by atoms with Crippen molar-refractivity contribution in [3.8, 4) is 0 Å².